The quantitative estimate of drug-likeness (QED) is 0.895. The molecule has 0 saturated heterocycles. The first-order valence-corrected chi connectivity index (χ1v) is 5.88. The second kappa shape index (κ2) is 5.45. The highest BCUT2D eigenvalue weighted by Crippen LogP contribution is 2.17. The fourth-order valence-corrected chi connectivity index (χ4v) is 1.78. The van der Waals surface area contributed by atoms with Gasteiger partial charge in [-0.2, -0.15) is 0 Å². The molecule has 0 amide bonds. The fourth-order valence-electron chi connectivity index (χ4n) is 1.78. The highest BCUT2D eigenvalue weighted by atomic mass is 16.4. The summed E-state index contributed by atoms with van der Waals surface area (Å²) in [7, 11) is 0. The molecule has 0 radical (unpaired) electrons. The number of hydrogen-bond acceptors (Lipinski definition) is 2. The van der Waals surface area contributed by atoms with Crippen LogP contribution in [0.25, 0.3) is 0 Å². The summed E-state index contributed by atoms with van der Waals surface area (Å²) in [6.07, 6.45) is 2.54. The van der Waals surface area contributed by atoms with Gasteiger partial charge in [-0.25, -0.2) is 0 Å². The maximum absolute atomic E-state index is 10.9. The van der Waals surface area contributed by atoms with Crippen LogP contribution in [0.15, 0.2) is 48.7 Å². The number of carboxylic acid groups (broad SMARTS) is 1. The largest absolute Gasteiger partial charge is 0.481 e. The number of carbonyl (C=O) groups is 1. The zero-order valence-corrected chi connectivity index (χ0v) is 10.2. The third kappa shape index (κ3) is 2.94. The van der Waals surface area contributed by atoms with Gasteiger partial charge in [0.05, 0.1) is 5.92 Å². The Morgan fingerprint density at radius 2 is 1.94 bits per heavy atom. The SMILES string of the molecule is CC(C(=O)O)c1ccc(Cc2ccccn2)cc1. The lowest BCUT2D eigenvalue weighted by molar-refractivity contribution is -0.138. The molecule has 0 spiro atoms. The number of aromatic nitrogens is 1. The predicted octanol–water partition coefficient (Wildman–Crippen LogP) is 2.86. The molecule has 1 heterocycles. The lowest BCUT2D eigenvalue weighted by Crippen LogP contribution is -2.07. The van der Waals surface area contributed by atoms with E-state index in [4.69, 9.17) is 5.11 Å². The summed E-state index contributed by atoms with van der Waals surface area (Å²) < 4.78 is 0. The van der Waals surface area contributed by atoms with E-state index in [1.807, 2.05) is 42.5 Å². The van der Waals surface area contributed by atoms with Crippen LogP contribution in [-0.2, 0) is 11.2 Å². The van der Waals surface area contributed by atoms with E-state index in [1.165, 1.54) is 0 Å². The number of pyridine rings is 1. The summed E-state index contributed by atoms with van der Waals surface area (Å²) in [6, 6.07) is 13.5. The molecule has 18 heavy (non-hydrogen) atoms. The first-order chi connectivity index (χ1) is 8.66. The monoisotopic (exact) mass is 241 g/mol. The molecular formula is C15H15NO2. The normalized spacial score (nSPS) is 12.1. The Morgan fingerprint density at radius 1 is 1.22 bits per heavy atom. The van der Waals surface area contributed by atoms with Crippen LogP contribution in [0.2, 0.25) is 0 Å². The van der Waals surface area contributed by atoms with Crippen molar-refractivity contribution < 1.29 is 9.90 Å². The summed E-state index contributed by atoms with van der Waals surface area (Å²) in [6.45, 7) is 1.69. The van der Waals surface area contributed by atoms with E-state index in [0.29, 0.717) is 0 Å². The maximum atomic E-state index is 10.9. The molecule has 92 valence electrons. The summed E-state index contributed by atoms with van der Waals surface area (Å²) in [4.78, 5) is 15.1. The van der Waals surface area contributed by atoms with Gasteiger partial charge in [0.25, 0.3) is 0 Å². The average Bonchev–Trinajstić information content (AvgIpc) is 2.40. The molecule has 3 heteroatoms. The second-order valence-electron chi connectivity index (χ2n) is 4.30. The van der Waals surface area contributed by atoms with E-state index >= 15 is 0 Å². The van der Waals surface area contributed by atoms with Gasteiger partial charge < -0.3 is 5.11 Å². The molecule has 2 rings (SSSR count). The lowest BCUT2D eigenvalue weighted by Gasteiger charge is -2.07. The Morgan fingerprint density at radius 3 is 2.50 bits per heavy atom. The molecule has 0 aliphatic carbocycles. The number of nitrogens with zero attached hydrogens (tertiary/aromatic N) is 1. The highest BCUT2D eigenvalue weighted by Gasteiger charge is 2.12. The highest BCUT2D eigenvalue weighted by molar-refractivity contribution is 5.75. The van der Waals surface area contributed by atoms with Crippen LogP contribution >= 0.6 is 0 Å². The number of rotatable bonds is 4. The zero-order valence-electron chi connectivity index (χ0n) is 10.2. The first-order valence-electron chi connectivity index (χ1n) is 5.88. The maximum Gasteiger partial charge on any atom is 0.310 e. The summed E-state index contributed by atoms with van der Waals surface area (Å²) >= 11 is 0. The van der Waals surface area contributed by atoms with Gasteiger partial charge in [-0.1, -0.05) is 30.3 Å². The van der Waals surface area contributed by atoms with Gasteiger partial charge in [-0.15, -0.1) is 0 Å². The van der Waals surface area contributed by atoms with E-state index in [2.05, 4.69) is 4.98 Å². The number of hydrogen-bond donors (Lipinski definition) is 1. The van der Waals surface area contributed by atoms with Gasteiger partial charge in [0.2, 0.25) is 0 Å². The summed E-state index contributed by atoms with van der Waals surface area (Å²) in [5.74, 6) is -1.26. The van der Waals surface area contributed by atoms with E-state index in [0.717, 1.165) is 23.2 Å². The van der Waals surface area contributed by atoms with Gasteiger partial charge >= 0.3 is 5.97 Å². The molecule has 0 saturated carbocycles. The third-order valence-corrected chi connectivity index (χ3v) is 2.96. The summed E-state index contributed by atoms with van der Waals surface area (Å²) in [5.41, 5.74) is 2.97. The minimum Gasteiger partial charge on any atom is -0.481 e. The molecule has 1 aromatic carbocycles. The smallest absolute Gasteiger partial charge is 0.310 e. The molecule has 0 fully saturated rings. The number of carboxylic acids is 1. The van der Waals surface area contributed by atoms with E-state index in [9.17, 15) is 4.79 Å². The van der Waals surface area contributed by atoms with Crippen molar-refractivity contribution in [1.82, 2.24) is 4.98 Å². The first kappa shape index (κ1) is 12.3. The van der Waals surface area contributed by atoms with Gasteiger partial charge in [-0.05, 0) is 30.2 Å². The van der Waals surface area contributed by atoms with Crippen molar-refractivity contribution in [2.24, 2.45) is 0 Å². The minimum atomic E-state index is -0.799. The number of benzene rings is 1. The third-order valence-electron chi connectivity index (χ3n) is 2.96. The molecule has 0 aliphatic rings. The fraction of sp³-hybridized carbons (Fsp3) is 0.200. The second-order valence-corrected chi connectivity index (χ2v) is 4.30. The Bertz CT molecular complexity index is 520. The predicted molar refractivity (Wildman–Crippen MR) is 69.5 cm³/mol. The van der Waals surface area contributed by atoms with Crippen molar-refractivity contribution in [3.8, 4) is 0 Å². The van der Waals surface area contributed by atoms with Crippen LogP contribution in [0, 0.1) is 0 Å². The Labute approximate surface area is 106 Å². The molecule has 3 nitrogen and oxygen atoms in total. The molecular weight excluding hydrogens is 226 g/mol. The van der Waals surface area contributed by atoms with Crippen molar-refractivity contribution in [3.63, 3.8) is 0 Å². The van der Waals surface area contributed by atoms with Crippen LogP contribution in [-0.4, -0.2) is 16.1 Å². The van der Waals surface area contributed by atoms with E-state index in [-0.39, 0.29) is 0 Å². The minimum absolute atomic E-state index is 0.464. The van der Waals surface area contributed by atoms with Crippen molar-refractivity contribution in [2.75, 3.05) is 0 Å². The molecule has 1 N–H and O–H groups in total. The molecule has 1 atom stereocenters. The van der Waals surface area contributed by atoms with Crippen molar-refractivity contribution in [2.45, 2.75) is 19.3 Å². The van der Waals surface area contributed by atoms with Crippen LogP contribution < -0.4 is 0 Å². The lowest BCUT2D eigenvalue weighted by atomic mass is 9.99. The Kier molecular flexibility index (Phi) is 3.72. The van der Waals surface area contributed by atoms with Crippen molar-refractivity contribution >= 4 is 5.97 Å². The average molecular weight is 241 g/mol. The van der Waals surface area contributed by atoms with Gasteiger partial charge in [0, 0.05) is 18.3 Å². The molecule has 1 unspecified atom stereocenters. The van der Waals surface area contributed by atoms with Crippen LogP contribution in [0.3, 0.4) is 0 Å². The topological polar surface area (TPSA) is 50.2 Å². The molecule has 0 bridgehead atoms. The number of aliphatic carboxylic acids is 1. The van der Waals surface area contributed by atoms with Crippen LogP contribution in [0.4, 0.5) is 0 Å². The standard InChI is InChI=1S/C15H15NO2/c1-11(15(17)18)13-7-5-12(6-8-13)10-14-4-2-3-9-16-14/h2-9,11H,10H2,1H3,(H,17,18). The molecule has 2 aromatic rings. The van der Waals surface area contributed by atoms with Crippen LogP contribution in [0.5, 0.6) is 0 Å². The zero-order chi connectivity index (χ0) is 13.0. The van der Waals surface area contributed by atoms with E-state index < -0.39 is 11.9 Å². The molecule has 1 aromatic heterocycles. The van der Waals surface area contributed by atoms with Gasteiger partial charge in [-0.3, -0.25) is 9.78 Å². The van der Waals surface area contributed by atoms with Crippen LogP contribution in [0.1, 0.15) is 29.7 Å². The summed E-state index contributed by atoms with van der Waals surface area (Å²) in [5, 5.41) is 8.93. The van der Waals surface area contributed by atoms with Gasteiger partial charge in [0.1, 0.15) is 0 Å². The van der Waals surface area contributed by atoms with Crippen molar-refractivity contribution in [3.05, 3.63) is 65.5 Å². The Balaban J connectivity index is 2.11. The molecule has 0 aliphatic heterocycles. The Hall–Kier alpha value is -2.16. The van der Waals surface area contributed by atoms with Crippen molar-refractivity contribution in [1.29, 1.82) is 0 Å². The van der Waals surface area contributed by atoms with Gasteiger partial charge in [0.15, 0.2) is 0 Å². The van der Waals surface area contributed by atoms with E-state index in [1.54, 1.807) is 13.1 Å².